The van der Waals surface area contributed by atoms with Crippen molar-refractivity contribution in [2.75, 3.05) is 6.54 Å². The summed E-state index contributed by atoms with van der Waals surface area (Å²) in [6, 6.07) is 1.19. The lowest BCUT2D eigenvalue weighted by molar-refractivity contribution is 0.145. The van der Waals surface area contributed by atoms with Crippen molar-refractivity contribution in [3.05, 3.63) is 0 Å². The van der Waals surface area contributed by atoms with Crippen LogP contribution in [0, 0.1) is 11.3 Å². The van der Waals surface area contributed by atoms with Gasteiger partial charge in [-0.25, -0.2) is 0 Å². The minimum absolute atomic E-state index is 0.330. The number of nitrogens with one attached hydrogen (secondary N) is 1. The van der Waals surface area contributed by atoms with Gasteiger partial charge in [0.05, 0.1) is 5.84 Å². The second-order valence-electron chi connectivity index (χ2n) is 4.98. The van der Waals surface area contributed by atoms with Gasteiger partial charge < -0.3 is 5.73 Å². The molecule has 0 spiro atoms. The van der Waals surface area contributed by atoms with Crippen LogP contribution >= 0.6 is 0 Å². The molecule has 0 aliphatic carbocycles. The Kier molecular flexibility index (Phi) is 4.58. The van der Waals surface area contributed by atoms with E-state index < -0.39 is 0 Å². The maximum absolute atomic E-state index is 7.42. The zero-order valence-corrected chi connectivity index (χ0v) is 10.3. The van der Waals surface area contributed by atoms with E-state index in [1.165, 1.54) is 19.4 Å². The summed E-state index contributed by atoms with van der Waals surface area (Å²) in [6.45, 7) is 7.98. The third-order valence-electron chi connectivity index (χ3n) is 3.51. The van der Waals surface area contributed by atoms with Crippen LogP contribution in [0.4, 0.5) is 0 Å². The third-order valence-corrected chi connectivity index (χ3v) is 3.51. The summed E-state index contributed by atoms with van der Waals surface area (Å²) in [7, 11) is 0. The molecule has 2 atom stereocenters. The van der Waals surface area contributed by atoms with Crippen LogP contribution in [-0.4, -0.2) is 29.4 Å². The van der Waals surface area contributed by atoms with Gasteiger partial charge in [0.15, 0.2) is 0 Å². The van der Waals surface area contributed by atoms with E-state index in [0.29, 0.717) is 23.8 Å². The molecule has 0 saturated carbocycles. The molecule has 0 aromatic carbocycles. The molecule has 3 heteroatoms. The molecular formula is C12H25N3. The number of likely N-dealkylation sites (tertiary alicyclic amines) is 1. The highest BCUT2D eigenvalue weighted by atomic mass is 15.2. The Hall–Kier alpha value is -0.570. The van der Waals surface area contributed by atoms with Gasteiger partial charge in [-0.15, -0.1) is 0 Å². The van der Waals surface area contributed by atoms with E-state index in [9.17, 15) is 0 Å². The van der Waals surface area contributed by atoms with Gasteiger partial charge in [0.1, 0.15) is 0 Å². The summed E-state index contributed by atoms with van der Waals surface area (Å²) >= 11 is 0. The Morgan fingerprint density at radius 1 is 1.53 bits per heavy atom. The van der Waals surface area contributed by atoms with Gasteiger partial charge in [0.25, 0.3) is 0 Å². The number of nitrogens with zero attached hydrogens (tertiary/aromatic N) is 1. The minimum Gasteiger partial charge on any atom is -0.388 e. The van der Waals surface area contributed by atoms with Crippen LogP contribution in [0.5, 0.6) is 0 Å². The molecule has 1 rings (SSSR count). The zero-order chi connectivity index (χ0) is 11.4. The maximum Gasteiger partial charge on any atom is 0.0921 e. The van der Waals surface area contributed by atoms with E-state index in [-0.39, 0.29) is 0 Å². The topological polar surface area (TPSA) is 53.1 Å². The fraction of sp³-hybridized carbons (Fsp3) is 0.917. The molecule has 1 aliphatic rings. The van der Waals surface area contributed by atoms with Crippen LogP contribution in [-0.2, 0) is 0 Å². The van der Waals surface area contributed by atoms with Crippen molar-refractivity contribution >= 4 is 5.84 Å². The summed E-state index contributed by atoms with van der Waals surface area (Å²) in [4.78, 5) is 2.58. The molecule has 1 fully saturated rings. The van der Waals surface area contributed by atoms with E-state index in [1.54, 1.807) is 0 Å². The predicted molar refractivity (Wildman–Crippen MR) is 65.2 cm³/mol. The van der Waals surface area contributed by atoms with Gasteiger partial charge in [-0.05, 0) is 31.7 Å². The zero-order valence-electron chi connectivity index (χ0n) is 10.3. The van der Waals surface area contributed by atoms with Crippen LogP contribution in [0.15, 0.2) is 0 Å². The molecule has 0 radical (unpaired) electrons. The Morgan fingerprint density at radius 3 is 2.67 bits per heavy atom. The first kappa shape index (κ1) is 12.5. The lowest BCUT2D eigenvalue weighted by Crippen LogP contribution is -2.43. The summed E-state index contributed by atoms with van der Waals surface area (Å²) in [5, 5.41) is 7.42. The molecule has 2 unspecified atom stereocenters. The molecule has 1 saturated heterocycles. The highest BCUT2D eigenvalue weighted by Gasteiger charge is 2.31. The molecule has 0 aromatic heterocycles. The number of amidine groups is 1. The standard InChI is InChI=1S/C12H25N3/c1-4-10(8-12(13)14)15-7-5-6-11(15)9(2)3/h9-11H,4-8H2,1-3H3,(H3,13,14). The Bertz CT molecular complexity index is 213. The van der Waals surface area contributed by atoms with E-state index in [4.69, 9.17) is 11.1 Å². The molecular weight excluding hydrogens is 186 g/mol. The summed E-state index contributed by atoms with van der Waals surface area (Å²) < 4.78 is 0. The first-order chi connectivity index (χ1) is 7.06. The third kappa shape index (κ3) is 3.20. The first-order valence-electron chi connectivity index (χ1n) is 6.14. The average molecular weight is 211 g/mol. The predicted octanol–water partition coefficient (Wildman–Crippen LogP) is 2.21. The SMILES string of the molecule is CCC(CC(=N)N)N1CCCC1C(C)C. The highest BCUT2D eigenvalue weighted by molar-refractivity contribution is 5.77. The van der Waals surface area contributed by atoms with E-state index in [1.807, 2.05) is 0 Å². The van der Waals surface area contributed by atoms with Gasteiger partial charge in [0.2, 0.25) is 0 Å². The number of hydrogen-bond donors (Lipinski definition) is 2. The lowest BCUT2D eigenvalue weighted by Gasteiger charge is -2.34. The quantitative estimate of drug-likeness (QED) is 0.541. The number of rotatable bonds is 5. The Balaban J connectivity index is 2.61. The van der Waals surface area contributed by atoms with E-state index in [2.05, 4.69) is 25.7 Å². The largest absolute Gasteiger partial charge is 0.388 e. The summed E-state index contributed by atoms with van der Waals surface area (Å²) in [6.07, 6.45) is 4.45. The van der Waals surface area contributed by atoms with Crippen molar-refractivity contribution in [3.63, 3.8) is 0 Å². The molecule has 3 N–H and O–H groups in total. The second-order valence-corrected chi connectivity index (χ2v) is 4.98. The molecule has 0 aromatic rings. The molecule has 1 aliphatic heterocycles. The van der Waals surface area contributed by atoms with Gasteiger partial charge in [-0.2, -0.15) is 0 Å². The van der Waals surface area contributed by atoms with Crippen molar-refractivity contribution in [2.45, 2.75) is 58.5 Å². The number of nitrogens with two attached hydrogens (primary N) is 1. The van der Waals surface area contributed by atoms with Gasteiger partial charge in [0, 0.05) is 18.5 Å². The average Bonchev–Trinajstić information content (AvgIpc) is 2.62. The lowest BCUT2D eigenvalue weighted by atomic mass is 9.99. The summed E-state index contributed by atoms with van der Waals surface area (Å²) in [5.74, 6) is 1.05. The van der Waals surface area contributed by atoms with Crippen LogP contribution in [0.3, 0.4) is 0 Å². The monoisotopic (exact) mass is 211 g/mol. The Morgan fingerprint density at radius 2 is 2.20 bits per heavy atom. The highest BCUT2D eigenvalue weighted by Crippen LogP contribution is 2.27. The van der Waals surface area contributed by atoms with Crippen molar-refractivity contribution in [3.8, 4) is 0 Å². The molecule has 1 heterocycles. The van der Waals surface area contributed by atoms with Crippen LogP contribution in [0.25, 0.3) is 0 Å². The van der Waals surface area contributed by atoms with E-state index >= 15 is 0 Å². The van der Waals surface area contributed by atoms with Gasteiger partial charge >= 0.3 is 0 Å². The molecule has 15 heavy (non-hydrogen) atoms. The van der Waals surface area contributed by atoms with Crippen LogP contribution in [0.1, 0.15) is 46.5 Å². The van der Waals surface area contributed by atoms with Crippen molar-refractivity contribution in [2.24, 2.45) is 11.7 Å². The normalized spacial score (nSPS) is 24.7. The fourth-order valence-electron chi connectivity index (χ4n) is 2.73. The van der Waals surface area contributed by atoms with Crippen LogP contribution < -0.4 is 5.73 Å². The summed E-state index contributed by atoms with van der Waals surface area (Å²) in [5.41, 5.74) is 5.51. The van der Waals surface area contributed by atoms with Gasteiger partial charge in [-0.1, -0.05) is 20.8 Å². The van der Waals surface area contributed by atoms with Crippen LogP contribution in [0.2, 0.25) is 0 Å². The number of hydrogen-bond acceptors (Lipinski definition) is 2. The van der Waals surface area contributed by atoms with Gasteiger partial charge in [-0.3, -0.25) is 10.3 Å². The molecule has 0 amide bonds. The van der Waals surface area contributed by atoms with Crippen molar-refractivity contribution in [1.29, 1.82) is 5.41 Å². The van der Waals surface area contributed by atoms with E-state index in [0.717, 1.165) is 12.8 Å². The molecule has 0 bridgehead atoms. The second kappa shape index (κ2) is 5.50. The maximum atomic E-state index is 7.42. The smallest absolute Gasteiger partial charge is 0.0921 e. The minimum atomic E-state index is 0.330. The Labute approximate surface area is 93.5 Å². The van der Waals surface area contributed by atoms with Crippen molar-refractivity contribution < 1.29 is 0 Å². The molecule has 88 valence electrons. The fourth-order valence-corrected chi connectivity index (χ4v) is 2.73. The molecule has 3 nitrogen and oxygen atoms in total. The van der Waals surface area contributed by atoms with Crippen molar-refractivity contribution in [1.82, 2.24) is 4.90 Å². The first-order valence-corrected chi connectivity index (χ1v) is 6.14.